The summed E-state index contributed by atoms with van der Waals surface area (Å²) in [6.45, 7) is 4.11. The number of nitrogen functional groups attached to an aromatic ring is 1. The van der Waals surface area contributed by atoms with Crippen LogP contribution in [0, 0.1) is 13.8 Å². The van der Waals surface area contributed by atoms with E-state index in [9.17, 15) is 4.79 Å². The normalized spacial score (nSPS) is 10.4. The lowest BCUT2D eigenvalue weighted by molar-refractivity contribution is 0.0995. The van der Waals surface area contributed by atoms with Crippen LogP contribution in [0.5, 0.6) is 0 Å². The first kappa shape index (κ1) is 13.4. The van der Waals surface area contributed by atoms with Crippen LogP contribution in [-0.2, 0) is 0 Å². The molecule has 5 heteroatoms. The maximum Gasteiger partial charge on any atom is 0.267 e. The maximum absolute atomic E-state index is 11.1. The summed E-state index contributed by atoms with van der Waals surface area (Å²) < 4.78 is 0. The molecule has 4 N–H and O–H groups in total. The van der Waals surface area contributed by atoms with Crippen molar-refractivity contribution in [2.45, 2.75) is 23.8 Å². The zero-order valence-electron chi connectivity index (χ0n) is 10.8. The third kappa shape index (κ3) is 3.06. The number of anilines is 1. The smallest absolute Gasteiger partial charge is 0.267 e. The van der Waals surface area contributed by atoms with E-state index in [0.717, 1.165) is 4.90 Å². The molecule has 0 aliphatic carbocycles. The van der Waals surface area contributed by atoms with Gasteiger partial charge in [-0.1, -0.05) is 17.8 Å². The Labute approximate surface area is 116 Å². The summed E-state index contributed by atoms with van der Waals surface area (Å²) in [5.41, 5.74) is 14.3. The van der Waals surface area contributed by atoms with Crippen LogP contribution in [0.2, 0.25) is 0 Å². The zero-order valence-corrected chi connectivity index (χ0v) is 11.6. The maximum atomic E-state index is 11.1. The molecular weight excluding hydrogens is 258 g/mol. The highest BCUT2D eigenvalue weighted by Gasteiger charge is 2.09. The summed E-state index contributed by atoms with van der Waals surface area (Å²) in [5, 5.41) is 0.597. The van der Waals surface area contributed by atoms with Crippen molar-refractivity contribution in [2.75, 3.05) is 5.73 Å². The molecule has 0 saturated carbocycles. The Morgan fingerprint density at radius 1 is 1.16 bits per heavy atom. The molecule has 1 aromatic carbocycles. The minimum Gasteiger partial charge on any atom is -0.397 e. The van der Waals surface area contributed by atoms with E-state index in [1.165, 1.54) is 29.0 Å². The third-order valence-corrected chi connectivity index (χ3v) is 3.85. The van der Waals surface area contributed by atoms with Crippen LogP contribution in [0.1, 0.15) is 21.6 Å². The quantitative estimate of drug-likeness (QED) is 0.900. The second-order valence-corrected chi connectivity index (χ2v) is 5.37. The van der Waals surface area contributed by atoms with Crippen LogP contribution in [-0.4, -0.2) is 10.9 Å². The monoisotopic (exact) mass is 273 g/mol. The van der Waals surface area contributed by atoms with Crippen molar-refractivity contribution in [3.05, 3.63) is 47.2 Å². The fraction of sp³-hybridized carbons (Fsp3) is 0.143. The van der Waals surface area contributed by atoms with Crippen molar-refractivity contribution >= 4 is 23.4 Å². The summed E-state index contributed by atoms with van der Waals surface area (Å²) in [6.07, 6.45) is 0. The second-order valence-electron chi connectivity index (χ2n) is 4.30. The van der Waals surface area contributed by atoms with Crippen molar-refractivity contribution < 1.29 is 4.79 Å². The van der Waals surface area contributed by atoms with E-state index >= 15 is 0 Å². The summed E-state index contributed by atoms with van der Waals surface area (Å²) in [4.78, 5) is 16.3. The molecule has 1 aromatic heterocycles. The van der Waals surface area contributed by atoms with Crippen LogP contribution >= 0.6 is 11.8 Å². The van der Waals surface area contributed by atoms with Gasteiger partial charge in [-0.15, -0.1) is 0 Å². The third-order valence-electron chi connectivity index (χ3n) is 2.84. The molecule has 98 valence electrons. The lowest BCUT2D eigenvalue weighted by atomic mass is 10.1. The molecule has 1 heterocycles. The largest absolute Gasteiger partial charge is 0.397 e. The first-order valence-corrected chi connectivity index (χ1v) is 6.60. The van der Waals surface area contributed by atoms with Gasteiger partial charge in [0.05, 0.1) is 5.69 Å². The number of amides is 1. The van der Waals surface area contributed by atoms with Gasteiger partial charge in [0.15, 0.2) is 0 Å². The van der Waals surface area contributed by atoms with Crippen molar-refractivity contribution in [3.63, 3.8) is 0 Å². The van der Waals surface area contributed by atoms with Gasteiger partial charge in [0, 0.05) is 4.90 Å². The number of nitrogens with two attached hydrogens (primary N) is 2. The second kappa shape index (κ2) is 5.32. The molecule has 1 amide bonds. The van der Waals surface area contributed by atoms with Crippen LogP contribution < -0.4 is 11.5 Å². The van der Waals surface area contributed by atoms with E-state index in [1.54, 1.807) is 6.07 Å². The van der Waals surface area contributed by atoms with E-state index in [4.69, 9.17) is 11.5 Å². The average molecular weight is 273 g/mol. The molecule has 0 aliphatic rings. The number of benzene rings is 1. The van der Waals surface area contributed by atoms with Gasteiger partial charge in [-0.25, -0.2) is 4.98 Å². The Morgan fingerprint density at radius 2 is 1.89 bits per heavy atom. The Balaban J connectivity index is 2.34. The number of carbonyl (C=O) groups is 1. The van der Waals surface area contributed by atoms with Gasteiger partial charge in [0.1, 0.15) is 10.7 Å². The Kier molecular flexibility index (Phi) is 3.76. The topological polar surface area (TPSA) is 82.0 Å². The zero-order chi connectivity index (χ0) is 14.0. The van der Waals surface area contributed by atoms with E-state index in [0.29, 0.717) is 10.7 Å². The fourth-order valence-corrected chi connectivity index (χ4v) is 2.48. The van der Waals surface area contributed by atoms with Crippen LogP contribution in [0.25, 0.3) is 0 Å². The number of rotatable bonds is 3. The highest BCUT2D eigenvalue weighted by Crippen LogP contribution is 2.31. The molecule has 0 fully saturated rings. The van der Waals surface area contributed by atoms with Gasteiger partial charge in [0.25, 0.3) is 5.91 Å². The van der Waals surface area contributed by atoms with Gasteiger partial charge in [-0.3, -0.25) is 4.79 Å². The van der Waals surface area contributed by atoms with Gasteiger partial charge < -0.3 is 11.5 Å². The van der Waals surface area contributed by atoms with Crippen LogP contribution in [0.3, 0.4) is 0 Å². The van der Waals surface area contributed by atoms with Crippen molar-refractivity contribution in [2.24, 2.45) is 5.73 Å². The van der Waals surface area contributed by atoms with Crippen molar-refractivity contribution in [1.29, 1.82) is 0 Å². The summed E-state index contributed by atoms with van der Waals surface area (Å²) >= 11 is 1.42. The molecule has 0 bridgehead atoms. The highest BCUT2D eigenvalue weighted by molar-refractivity contribution is 7.99. The number of nitrogens with zero attached hydrogens (tertiary/aromatic N) is 1. The molecule has 0 radical (unpaired) electrons. The van der Waals surface area contributed by atoms with Gasteiger partial charge in [-0.2, -0.15) is 0 Å². The Morgan fingerprint density at radius 3 is 2.53 bits per heavy atom. The van der Waals surface area contributed by atoms with E-state index in [-0.39, 0.29) is 5.69 Å². The first-order chi connectivity index (χ1) is 8.97. The van der Waals surface area contributed by atoms with Gasteiger partial charge in [-0.05, 0) is 49.2 Å². The molecule has 0 spiro atoms. The van der Waals surface area contributed by atoms with E-state index in [1.807, 2.05) is 12.1 Å². The minimum atomic E-state index is -0.554. The number of primary amides is 1. The molecule has 0 atom stereocenters. The van der Waals surface area contributed by atoms with E-state index in [2.05, 4.69) is 24.9 Å². The number of aromatic nitrogens is 1. The van der Waals surface area contributed by atoms with Crippen molar-refractivity contribution in [3.8, 4) is 0 Å². The number of pyridine rings is 1. The number of hydrogen-bond acceptors (Lipinski definition) is 4. The average Bonchev–Trinajstić information content (AvgIpc) is 2.36. The molecule has 4 nitrogen and oxygen atoms in total. The molecule has 2 rings (SSSR count). The van der Waals surface area contributed by atoms with Gasteiger partial charge >= 0.3 is 0 Å². The summed E-state index contributed by atoms with van der Waals surface area (Å²) in [6, 6.07) is 9.30. The Hall–Kier alpha value is -2.01. The SMILES string of the molecule is Cc1ccc(Sc2nc(C(N)=O)ccc2N)cc1C. The Bertz CT molecular complexity index is 641. The highest BCUT2D eigenvalue weighted by atomic mass is 32.2. The summed E-state index contributed by atoms with van der Waals surface area (Å²) in [5.74, 6) is -0.554. The molecular formula is C14H15N3OS. The van der Waals surface area contributed by atoms with E-state index < -0.39 is 5.91 Å². The molecule has 19 heavy (non-hydrogen) atoms. The predicted octanol–water partition coefficient (Wildman–Crippen LogP) is 2.53. The minimum absolute atomic E-state index is 0.223. The molecule has 0 aliphatic heterocycles. The summed E-state index contributed by atoms with van der Waals surface area (Å²) in [7, 11) is 0. The lowest BCUT2D eigenvalue weighted by Gasteiger charge is -2.07. The molecule has 0 unspecified atom stereocenters. The van der Waals surface area contributed by atoms with Crippen LogP contribution in [0.4, 0.5) is 5.69 Å². The molecule has 2 aromatic rings. The predicted molar refractivity (Wildman–Crippen MR) is 77.2 cm³/mol. The van der Waals surface area contributed by atoms with Crippen molar-refractivity contribution in [1.82, 2.24) is 4.98 Å². The lowest BCUT2D eigenvalue weighted by Crippen LogP contribution is -2.13. The number of aryl methyl sites for hydroxylation is 2. The standard InChI is InChI=1S/C14H15N3OS/c1-8-3-4-10(7-9(8)2)19-14-11(15)5-6-12(17-14)13(16)18/h3-7H,15H2,1-2H3,(H2,16,18). The first-order valence-electron chi connectivity index (χ1n) is 5.79. The number of carbonyl (C=O) groups excluding carboxylic acids is 1. The number of hydrogen-bond donors (Lipinski definition) is 2. The van der Waals surface area contributed by atoms with Gasteiger partial charge in [0.2, 0.25) is 0 Å². The molecule has 0 saturated heterocycles. The van der Waals surface area contributed by atoms with Crippen LogP contribution in [0.15, 0.2) is 40.3 Å². The fourth-order valence-electron chi connectivity index (χ4n) is 1.56.